The molecule has 72 heavy (non-hydrogen) atoms. The van der Waals surface area contributed by atoms with E-state index in [1.54, 1.807) is 12.3 Å². The maximum atomic E-state index is 13.3. The van der Waals surface area contributed by atoms with Gasteiger partial charge in [0, 0.05) is 46.7 Å². The molecule has 0 radical (unpaired) electrons. The van der Waals surface area contributed by atoms with Crippen LogP contribution in [0.4, 0.5) is 30.7 Å². The van der Waals surface area contributed by atoms with Crippen molar-refractivity contribution in [3.63, 3.8) is 0 Å². The maximum Gasteiger partial charge on any atom is 0.335 e. The number of thioether (sulfide) groups is 4. The third-order valence-corrected chi connectivity index (χ3v) is 13.3. The van der Waals surface area contributed by atoms with Gasteiger partial charge in [-0.15, -0.1) is 71.1 Å². The lowest BCUT2D eigenvalue weighted by atomic mass is 10.1. The molecule has 6 rings (SSSR count). The summed E-state index contributed by atoms with van der Waals surface area (Å²) in [5.74, 6) is -4.48. The van der Waals surface area contributed by atoms with Crippen molar-refractivity contribution in [3.8, 4) is 6.07 Å². The van der Waals surface area contributed by atoms with E-state index < -0.39 is 51.1 Å². The molecule has 0 saturated heterocycles. The number of methoxy groups -OCH3 is 1. The van der Waals surface area contributed by atoms with Gasteiger partial charge in [-0.1, -0.05) is 31.9 Å². The maximum absolute atomic E-state index is 13.3. The number of carbonyl (C=O) groups excluding carboxylic acids is 1. The largest absolute Gasteiger partial charge is 0.478 e. The molecule has 0 aromatic heterocycles. The molecule has 0 fully saturated rings. The first kappa shape index (κ1) is 68.1. The molecule has 0 saturated carbocycles. The molecule has 1 atom stereocenters. The van der Waals surface area contributed by atoms with Gasteiger partial charge in [0.2, 0.25) is 0 Å². The van der Waals surface area contributed by atoms with Crippen LogP contribution in [0.15, 0.2) is 143 Å². The summed E-state index contributed by atoms with van der Waals surface area (Å²) >= 11 is 17.5. The van der Waals surface area contributed by atoms with Crippen LogP contribution in [0.2, 0.25) is 0 Å². The number of hydrogen-bond acceptors (Lipinski definition) is 11. The van der Waals surface area contributed by atoms with Gasteiger partial charge in [-0.05, 0) is 146 Å². The van der Waals surface area contributed by atoms with Gasteiger partial charge in [0.05, 0.1) is 29.2 Å². The van der Waals surface area contributed by atoms with Gasteiger partial charge in [0.25, 0.3) is 0 Å². The van der Waals surface area contributed by atoms with Crippen LogP contribution in [0.5, 0.6) is 0 Å². The predicted molar refractivity (Wildman–Crippen MR) is 286 cm³/mol. The van der Waals surface area contributed by atoms with Crippen LogP contribution in [-0.4, -0.2) is 69.9 Å². The van der Waals surface area contributed by atoms with Crippen LogP contribution in [0.25, 0.3) is 0 Å². The van der Waals surface area contributed by atoms with Crippen molar-refractivity contribution < 1.29 is 58.6 Å². The SMILES string of the molecule is COC(=O)[C@@H](N)Cc1cc(F)cc(S(C)(=O)=O)c1.CSc1cc(F)cc(Br)c1.CSc1cc(F)cc(C#N)c1.CSc1cc(F)cc(C(=O)O)c1.CSc1cc(F)cc(CCl)c1.Cl.Fc1cc(F)cc(Br)c1. The first-order chi connectivity index (χ1) is 33.3. The average Bonchev–Trinajstić information content (AvgIpc) is 3.30. The molecule has 8 nitrogen and oxygen atoms in total. The Labute approximate surface area is 459 Å². The Balaban J connectivity index is 0.000000851. The molecule has 0 spiro atoms. The standard InChI is InChI=1S/C11H14FNO4S.C8H8ClFS.C8H6FNS.C8H7FO2S.C7H6BrFS.C6H3BrF2.ClH/c1-17-11(14)10(13)5-7-3-8(12)6-9(4-7)18(2,15)16;1-11-8-3-6(5-9)2-7(10)4-8;1-11-8-3-6(5-10)2-7(9)4-8;1-12-7-3-5(8(10)11)2-6(9)4-7;1-10-7-3-5(8)2-6(9)4-7;7-4-1-5(8)3-6(9)2-4;/h3-4,6,10H,5,13H2,1-2H3;2-4H,5H2,1H3;2-4H,1H3;2-4H,1H3,(H,10,11);2-4H,1H3;1-3H;1H/t10-;;;;;;/m0....../s1. The van der Waals surface area contributed by atoms with Crippen molar-refractivity contribution in [2.24, 2.45) is 5.73 Å². The number of nitrogens with two attached hydrogens (primary N) is 1. The Hall–Kier alpha value is -3.89. The lowest BCUT2D eigenvalue weighted by Gasteiger charge is -2.10. The Bertz CT molecular complexity index is 2780. The summed E-state index contributed by atoms with van der Waals surface area (Å²) in [6.07, 6.45) is 8.42. The van der Waals surface area contributed by atoms with E-state index in [0.717, 1.165) is 55.2 Å². The zero-order chi connectivity index (χ0) is 54.0. The molecule has 0 unspecified atom stereocenters. The van der Waals surface area contributed by atoms with Crippen molar-refractivity contribution in [1.82, 2.24) is 0 Å². The molecule has 0 amide bonds. The van der Waals surface area contributed by atoms with Gasteiger partial charge >= 0.3 is 11.9 Å². The lowest BCUT2D eigenvalue weighted by Crippen LogP contribution is -2.33. The molecule has 0 aliphatic heterocycles. The number of alkyl halides is 1. The first-order valence-electron chi connectivity index (χ1n) is 19.5. The van der Waals surface area contributed by atoms with Crippen molar-refractivity contribution in [2.75, 3.05) is 38.4 Å². The van der Waals surface area contributed by atoms with Crippen LogP contribution in [0, 0.1) is 52.1 Å². The zero-order valence-electron chi connectivity index (χ0n) is 38.6. The van der Waals surface area contributed by atoms with Gasteiger partial charge in [-0.3, -0.25) is 4.79 Å². The highest BCUT2D eigenvalue weighted by Gasteiger charge is 2.17. The topological polar surface area (TPSA) is 148 Å². The fraction of sp³-hybridized carbons (Fsp3) is 0.188. The number of esters is 1. The van der Waals surface area contributed by atoms with E-state index in [2.05, 4.69) is 36.6 Å². The number of ether oxygens (including phenoxy) is 1. The minimum Gasteiger partial charge on any atom is -0.478 e. The van der Waals surface area contributed by atoms with E-state index in [1.165, 1.54) is 121 Å². The molecule has 3 N–H and O–H groups in total. The number of carboxylic acids is 1. The normalized spacial score (nSPS) is 10.4. The van der Waals surface area contributed by atoms with E-state index in [9.17, 15) is 48.7 Å². The van der Waals surface area contributed by atoms with E-state index in [1.807, 2.05) is 37.0 Å². The number of benzene rings is 6. The molecule has 6 aromatic carbocycles. The van der Waals surface area contributed by atoms with E-state index in [4.69, 9.17) is 27.7 Å². The average molecular weight is 1270 g/mol. The van der Waals surface area contributed by atoms with Crippen LogP contribution in [0.1, 0.15) is 27.0 Å². The summed E-state index contributed by atoms with van der Waals surface area (Å²) in [5, 5.41) is 17.0. The van der Waals surface area contributed by atoms with Gasteiger partial charge in [0.1, 0.15) is 46.8 Å². The molecule has 0 aliphatic carbocycles. The van der Waals surface area contributed by atoms with E-state index in [-0.39, 0.29) is 46.7 Å². The zero-order valence-corrected chi connectivity index (χ0v) is 47.5. The fourth-order valence-electron chi connectivity index (χ4n) is 4.97. The van der Waals surface area contributed by atoms with Crippen LogP contribution >= 0.6 is 103 Å². The number of nitriles is 1. The summed E-state index contributed by atoms with van der Waals surface area (Å²) < 4.78 is 117. The Morgan fingerprint density at radius 2 is 1.04 bits per heavy atom. The second-order valence-corrected chi connectivity index (χ2v) is 21.2. The molecule has 0 heterocycles. The van der Waals surface area contributed by atoms with Crippen molar-refractivity contribution in [1.29, 1.82) is 5.26 Å². The molecule has 0 bridgehead atoms. The molecule has 6 aromatic rings. The molecule has 390 valence electrons. The Kier molecular flexibility index (Phi) is 33.4. The van der Waals surface area contributed by atoms with Crippen molar-refractivity contribution in [2.45, 2.75) is 42.8 Å². The molecular formula is C48H45Br2Cl2F7N2O6S5. The number of nitrogens with zero attached hydrogens (tertiary/aromatic N) is 1. The Morgan fingerprint density at radius 1 is 0.639 bits per heavy atom. The number of carboxylic acid groups (broad SMARTS) is 1. The fourth-order valence-corrected chi connectivity index (χ4v) is 8.80. The van der Waals surface area contributed by atoms with Crippen LogP contribution in [-0.2, 0) is 31.7 Å². The lowest BCUT2D eigenvalue weighted by molar-refractivity contribution is -0.142. The minimum atomic E-state index is -3.51. The van der Waals surface area contributed by atoms with Crippen molar-refractivity contribution in [3.05, 3.63) is 181 Å². The summed E-state index contributed by atoms with van der Waals surface area (Å²) in [4.78, 5) is 24.7. The van der Waals surface area contributed by atoms with Gasteiger partial charge < -0.3 is 15.6 Å². The summed E-state index contributed by atoms with van der Waals surface area (Å²) in [6.45, 7) is 0. The molecule has 0 aliphatic rings. The Morgan fingerprint density at radius 3 is 1.47 bits per heavy atom. The van der Waals surface area contributed by atoms with Crippen LogP contribution in [0.3, 0.4) is 0 Å². The highest BCUT2D eigenvalue weighted by atomic mass is 79.9. The van der Waals surface area contributed by atoms with E-state index >= 15 is 0 Å². The molecule has 24 heteroatoms. The number of carbonyl (C=O) groups is 2. The summed E-state index contributed by atoms with van der Waals surface area (Å²) in [7, 11) is -2.32. The smallest absolute Gasteiger partial charge is 0.335 e. The summed E-state index contributed by atoms with van der Waals surface area (Å²) in [5.41, 5.74) is 7.03. The third-order valence-electron chi connectivity index (χ3n) is 8.13. The monoisotopic (exact) mass is 1270 g/mol. The highest BCUT2D eigenvalue weighted by molar-refractivity contribution is 9.10. The second kappa shape index (κ2) is 35.3. The quantitative estimate of drug-likeness (QED) is 0.0582. The number of rotatable bonds is 10. The third kappa shape index (κ3) is 28.0. The number of halogens is 11. The first-order valence-corrected chi connectivity index (χ1v) is 28.4. The number of sulfone groups is 1. The van der Waals surface area contributed by atoms with Crippen LogP contribution < -0.4 is 5.73 Å². The highest BCUT2D eigenvalue weighted by Crippen LogP contribution is 2.23. The van der Waals surface area contributed by atoms with Gasteiger partial charge in [0.15, 0.2) is 9.84 Å². The van der Waals surface area contributed by atoms with Gasteiger partial charge in [-0.25, -0.2) is 43.9 Å². The predicted octanol–water partition coefficient (Wildman–Crippen LogP) is 14.7. The van der Waals surface area contributed by atoms with Gasteiger partial charge in [-0.2, -0.15) is 5.26 Å². The molecular weight excluding hydrogens is 1220 g/mol. The number of hydrogen-bond donors (Lipinski definition) is 2. The summed E-state index contributed by atoms with van der Waals surface area (Å²) in [6, 6.07) is 25.2. The second-order valence-electron chi connectivity index (χ2n) is 13.6. The van der Waals surface area contributed by atoms with Crippen molar-refractivity contribution >= 4 is 125 Å². The van der Waals surface area contributed by atoms with E-state index in [0.29, 0.717) is 26.4 Å². The minimum absolute atomic E-state index is 0. The number of aromatic carboxylic acids is 1.